The minimum absolute atomic E-state index is 0.768. The highest BCUT2D eigenvalue weighted by molar-refractivity contribution is 5.17. The third-order valence-electron chi connectivity index (χ3n) is 0.758. The molecule has 1 heteroatoms. The molecule has 0 atom stereocenters. The van der Waals surface area contributed by atoms with Crippen molar-refractivity contribution in [2.45, 2.75) is 20.8 Å². The zero-order chi connectivity index (χ0) is 8.41. The van der Waals surface area contributed by atoms with Gasteiger partial charge in [-0.3, -0.25) is 0 Å². The molecule has 0 aromatic rings. The van der Waals surface area contributed by atoms with Gasteiger partial charge in [-0.2, -0.15) is 0 Å². The molecule has 10 heavy (non-hydrogen) atoms. The monoisotopic (exact) mass is 139 g/mol. The van der Waals surface area contributed by atoms with Crippen molar-refractivity contribution < 1.29 is 0 Å². The molecule has 0 aliphatic carbocycles. The van der Waals surface area contributed by atoms with Crippen LogP contribution in [0, 0.1) is 0 Å². The first-order chi connectivity index (χ1) is 4.81. The summed E-state index contributed by atoms with van der Waals surface area (Å²) < 4.78 is 0. The van der Waals surface area contributed by atoms with Crippen molar-refractivity contribution in [3.8, 4) is 0 Å². The molecule has 0 aliphatic rings. The average Bonchev–Trinajstić information content (AvgIpc) is 2.04. The molecule has 2 N–H and O–H groups in total. The van der Waals surface area contributed by atoms with Gasteiger partial charge < -0.3 is 5.73 Å². The largest absolute Gasteiger partial charge is 0.399 e. The Morgan fingerprint density at radius 1 is 1.40 bits per heavy atom. The van der Waals surface area contributed by atoms with Crippen LogP contribution in [-0.2, 0) is 0 Å². The molecule has 0 aromatic carbocycles. The number of nitrogens with two attached hydrogens (primary N) is 1. The maximum atomic E-state index is 5.39. The third kappa shape index (κ3) is 10.1. The van der Waals surface area contributed by atoms with Crippen molar-refractivity contribution in [2.75, 3.05) is 0 Å². The lowest BCUT2D eigenvalue weighted by Crippen LogP contribution is -1.89. The van der Waals surface area contributed by atoms with Gasteiger partial charge in [-0.1, -0.05) is 38.7 Å². The quantitative estimate of drug-likeness (QED) is 0.585. The number of rotatable bonds is 2. The van der Waals surface area contributed by atoms with Crippen molar-refractivity contribution >= 4 is 0 Å². The minimum Gasteiger partial charge on any atom is -0.399 e. The van der Waals surface area contributed by atoms with Crippen molar-refractivity contribution in [3.63, 3.8) is 0 Å². The fourth-order valence-electron chi connectivity index (χ4n) is 0.275. The Bertz CT molecular complexity index is 121. The SMILES string of the molecule is C=C/C=C\C(N)=C/C.CC. The summed E-state index contributed by atoms with van der Waals surface area (Å²) in [5, 5.41) is 0. The molecule has 0 amide bonds. The Balaban J connectivity index is 0. The summed E-state index contributed by atoms with van der Waals surface area (Å²) in [6.45, 7) is 9.39. The summed E-state index contributed by atoms with van der Waals surface area (Å²) in [6, 6.07) is 0. The molecule has 0 bridgehead atoms. The van der Waals surface area contributed by atoms with E-state index >= 15 is 0 Å². The first kappa shape index (κ1) is 11.8. The van der Waals surface area contributed by atoms with Gasteiger partial charge in [0.25, 0.3) is 0 Å². The molecule has 0 spiro atoms. The summed E-state index contributed by atoms with van der Waals surface area (Å²) in [5.74, 6) is 0. The van der Waals surface area contributed by atoms with Gasteiger partial charge in [0.1, 0.15) is 0 Å². The summed E-state index contributed by atoms with van der Waals surface area (Å²) in [7, 11) is 0. The van der Waals surface area contributed by atoms with Gasteiger partial charge in [-0.15, -0.1) is 0 Å². The maximum absolute atomic E-state index is 5.39. The van der Waals surface area contributed by atoms with E-state index in [9.17, 15) is 0 Å². The van der Waals surface area contributed by atoms with Gasteiger partial charge in [-0.05, 0) is 13.0 Å². The molecule has 58 valence electrons. The Kier molecular flexibility index (Phi) is 12.8. The van der Waals surface area contributed by atoms with Gasteiger partial charge in [-0.25, -0.2) is 0 Å². The highest BCUT2D eigenvalue weighted by Crippen LogP contribution is 1.84. The second-order valence-electron chi connectivity index (χ2n) is 1.38. The molecule has 0 aliphatic heterocycles. The van der Waals surface area contributed by atoms with Crippen LogP contribution in [0.2, 0.25) is 0 Å². The molecule has 0 unspecified atom stereocenters. The maximum Gasteiger partial charge on any atom is 0.0270 e. The van der Waals surface area contributed by atoms with Crippen molar-refractivity contribution in [2.24, 2.45) is 5.73 Å². The molecule has 0 saturated heterocycles. The molecule has 0 fully saturated rings. The van der Waals surface area contributed by atoms with Crippen LogP contribution in [-0.4, -0.2) is 0 Å². The van der Waals surface area contributed by atoms with Gasteiger partial charge in [0.15, 0.2) is 0 Å². The first-order valence-electron chi connectivity index (χ1n) is 3.52. The lowest BCUT2D eigenvalue weighted by molar-refractivity contribution is 1.40. The minimum atomic E-state index is 0.768. The molecular formula is C9H17N. The Morgan fingerprint density at radius 3 is 2.20 bits per heavy atom. The highest BCUT2D eigenvalue weighted by Gasteiger charge is 1.70. The normalized spacial score (nSPS) is 10.5. The number of hydrogen-bond donors (Lipinski definition) is 1. The number of hydrogen-bond acceptors (Lipinski definition) is 1. The molecule has 0 saturated carbocycles. The standard InChI is InChI=1S/C7H11N.C2H6/c1-3-5-6-7(8)4-2;1-2/h3-6H,1,8H2,2H3;1-2H3/b6-5-,7-4+;. The van der Waals surface area contributed by atoms with Crippen LogP contribution in [0.4, 0.5) is 0 Å². The highest BCUT2D eigenvalue weighted by atomic mass is 14.5. The summed E-state index contributed by atoms with van der Waals surface area (Å²) in [4.78, 5) is 0. The van der Waals surface area contributed by atoms with E-state index in [1.165, 1.54) is 0 Å². The van der Waals surface area contributed by atoms with Crippen molar-refractivity contribution in [3.05, 3.63) is 36.6 Å². The summed E-state index contributed by atoms with van der Waals surface area (Å²) >= 11 is 0. The predicted molar refractivity (Wildman–Crippen MR) is 48.6 cm³/mol. The van der Waals surface area contributed by atoms with Crippen LogP contribution in [0.25, 0.3) is 0 Å². The van der Waals surface area contributed by atoms with Crippen molar-refractivity contribution in [1.82, 2.24) is 0 Å². The summed E-state index contributed by atoms with van der Waals surface area (Å²) in [5.41, 5.74) is 6.15. The molecule has 0 rings (SSSR count). The molecule has 0 heterocycles. The molecule has 0 radical (unpaired) electrons. The predicted octanol–water partition coefficient (Wildman–Crippen LogP) is 2.62. The lowest BCUT2D eigenvalue weighted by atomic mass is 10.4. The van der Waals surface area contributed by atoms with E-state index in [4.69, 9.17) is 5.73 Å². The van der Waals surface area contributed by atoms with E-state index in [1.54, 1.807) is 18.2 Å². The second kappa shape index (κ2) is 10.9. The van der Waals surface area contributed by atoms with Gasteiger partial charge in [0, 0.05) is 5.70 Å². The van der Waals surface area contributed by atoms with Crippen LogP contribution in [0.3, 0.4) is 0 Å². The zero-order valence-corrected chi connectivity index (χ0v) is 7.09. The molecule has 0 aromatic heterocycles. The fourth-order valence-corrected chi connectivity index (χ4v) is 0.275. The fraction of sp³-hybridized carbons (Fsp3) is 0.333. The third-order valence-corrected chi connectivity index (χ3v) is 0.758. The van der Waals surface area contributed by atoms with E-state index in [0.29, 0.717) is 0 Å². The number of allylic oxidation sites excluding steroid dienone is 4. The second-order valence-corrected chi connectivity index (χ2v) is 1.38. The molecular weight excluding hydrogens is 122 g/mol. The van der Waals surface area contributed by atoms with E-state index in [-0.39, 0.29) is 0 Å². The Hall–Kier alpha value is -0.980. The Morgan fingerprint density at radius 2 is 1.90 bits per heavy atom. The van der Waals surface area contributed by atoms with Gasteiger partial charge in [0.2, 0.25) is 0 Å². The van der Waals surface area contributed by atoms with E-state index < -0.39 is 0 Å². The molecule has 1 nitrogen and oxygen atoms in total. The van der Waals surface area contributed by atoms with Crippen molar-refractivity contribution in [1.29, 1.82) is 0 Å². The van der Waals surface area contributed by atoms with Crippen LogP contribution >= 0.6 is 0 Å². The summed E-state index contributed by atoms with van der Waals surface area (Å²) in [6.07, 6.45) is 7.12. The average molecular weight is 139 g/mol. The Labute approximate surface area is 63.9 Å². The van der Waals surface area contributed by atoms with E-state index in [2.05, 4.69) is 6.58 Å². The topological polar surface area (TPSA) is 26.0 Å². The van der Waals surface area contributed by atoms with Gasteiger partial charge in [0.05, 0.1) is 0 Å². The smallest absolute Gasteiger partial charge is 0.0270 e. The lowest BCUT2D eigenvalue weighted by Gasteiger charge is -1.83. The van der Waals surface area contributed by atoms with Crippen LogP contribution in [0.1, 0.15) is 20.8 Å². The van der Waals surface area contributed by atoms with E-state index in [1.807, 2.05) is 26.8 Å². The first-order valence-corrected chi connectivity index (χ1v) is 3.52. The zero-order valence-electron chi connectivity index (χ0n) is 7.09. The van der Waals surface area contributed by atoms with E-state index in [0.717, 1.165) is 5.70 Å². The van der Waals surface area contributed by atoms with Gasteiger partial charge >= 0.3 is 0 Å². The van der Waals surface area contributed by atoms with Crippen LogP contribution in [0.15, 0.2) is 36.6 Å². The van der Waals surface area contributed by atoms with Crippen LogP contribution < -0.4 is 5.73 Å². The van der Waals surface area contributed by atoms with Crippen LogP contribution in [0.5, 0.6) is 0 Å².